The van der Waals surface area contributed by atoms with E-state index in [-0.39, 0.29) is 11.8 Å². The normalized spacial score (nSPS) is 19.3. The minimum absolute atomic E-state index is 0.172. The molecule has 15 heavy (non-hydrogen) atoms. The Bertz CT molecular complexity index is 412. The van der Waals surface area contributed by atoms with Gasteiger partial charge in [-0.05, 0) is 36.5 Å². The molecule has 0 fully saturated rings. The standard InChI is InChI=1S/C12H13NO2/c13-12(15)11-3-1-2-9-6-8(7-14)4-5-10(9)11/h4-7,11H,1-3H2,(H2,13,15)/t11-/m0/s1. The minimum atomic E-state index is -0.269. The molecule has 0 aliphatic heterocycles. The topological polar surface area (TPSA) is 60.2 Å². The van der Waals surface area contributed by atoms with Gasteiger partial charge in [0.25, 0.3) is 0 Å². The summed E-state index contributed by atoms with van der Waals surface area (Å²) in [5.41, 5.74) is 8.10. The predicted molar refractivity (Wildman–Crippen MR) is 56.7 cm³/mol. The maximum absolute atomic E-state index is 11.2. The monoisotopic (exact) mass is 203 g/mol. The lowest BCUT2D eigenvalue weighted by atomic mass is 9.82. The number of amides is 1. The quantitative estimate of drug-likeness (QED) is 0.738. The zero-order chi connectivity index (χ0) is 10.8. The van der Waals surface area contributed by atoms with Crippen LogP contribution in [0.2, 0.25) is 0 Å². The van der Waals surface area contributed by atoms with Crippen LogP contribution in [-0.4, -0.2) is 12.2 Å². The highest BCUT2D eigenvalue weighted by Gasteiger charge is 2.24. The molecule has 0 radical (unpaired) electrons. The number of carbonyl (C=O) groups is 2. The van der Waals surface area contributed by atoms with Crippen LogP contribution in [0.15, 0.2) is 18.2 Å². The average molecular weight is 203 g/mol. The van der Waals surface area contributed by atoms with Crippen LogP contribution in [0.5, 0.6) is 0 Å². The van der Waals surface area contributed by atoms with Gasteiger partial charge < -0.3 is 5.73 Å². The van der Waals surface area contributed by atoms with E-state index in [9.17, 15) is 9.59 Å². The van der Waals surface area contributed by atoms with Gasteiger partial charge in [-0.25, -0.2) is 0 Å². The molecule has 3 heteroatoms. The van der Waals surface area contributed by atoms with Crippen LogP contribution in [0.4, 0.5) is 0 Å². The second kappa shape index (κ2) is 3.85. The molecular formula is C12H13NO2. The molecule has 0 heterocycles. The Hall–Kier alpha value is -1.64. The SMILES string of the molecule is NC(=O)[C@H]1CCCc2cc(C=O)ccc21. The van der Waals surface area contributed by atoms with Crippen LogP contribution in [0.25, 0.3) is 0 Å². The molecule has 3 nitrogen and oxygen atoms in total. The number of rotatable bonds is 2. The lowest BCUT2D eigenvalue weighted by molar-refractivity contribution is -0.119. The van der Waals surface area contributed by atoms with Gasteiger partial charge in [0.1, 0.15) is 6.29 Å². The fraction of sp³-hybridized carbons (Fsp3) is 0.333. The van der Waals surface area contributed by atoms with Crippen LogP contribution in [0.3, 0.4) is 0 Å². The van der Waals surface area contributed by atoms with Gasteiger partial charge in [0.05, 0.1) is 5.92 Å². The van der Waals surface area contributed by atoms with E-state index < -0.39 is 0 Å². The molecule has 0 aromatic heterocycles. The largest absolute Gasteiger partial charge is 0.369 e. The molecular weight excluding hydrogens is 190 g/mol. The molecule has 0 unspecified atom stereocenters. The summed E-state index contributed by atoms with van der Waals surface area (Å²) in [4.78, 5) is 21.8. The number of primary amides is 1. The Morgan fingerprint density at radius 1 is 1.47 bits per heavy atom. The van der Waals surface area contributed by atoms with E-state index in [1.165, 1.54) is 0 Å². The van der Waals surface area contributed by atoms with Crippen molar-refractivity contribution in [3.63, 3.8) is 0 Å². The van der Waals surface area contributed by atoms with Gasteiger partial charge in [-0.1, -0.05) is 12.1 Å². The third kappa shape index (κ3) is 1.77. The number of hydrogen-bond acceptors (Lipinski definition) is 2. The van der Waals surface area contributed by atoms with Gasteiger partial charge >= 0.3 is 0 Å². The molecule has 1 aromatic carbocycles. The Balaban J connectivity index is 2.44. The molecule has 1 amide bonds. The number of hydrogen-bond donors (Lipinski definition) is 1. The van der Waals surface area contributed by atoms with Crippen LogP contribution in [0, 0.1) is 0 Å². The lowest BCUT2D eigenvalue weighted by Crippen LogP contribution is -2.25. The first-order chi connectivity index (χ1) is 7.22. The second-order valence-corrected chi connectivity index (χ2v) is 3.92. The van der Waals surface area contributed by atoms with E-state index in [4.69, 9.17) is 5.73 Å². The van der Waals surface area contributed by atoms with Crippen LogP contribution in [-0.2, 0) is 11.2 Å². The second-order valence-electron chi connectivity index (χ2n) is 3.92. The molecule has 1 aliphatic rings. The molecule has 78 valence electrons. The molecule has 0 saturated heterocycles. The molecule has 1 aliphatic carbocycles. The van der Waals surface area contributed by atoms with Crippen molar-refractivity contribution in [2.45, 2.75) is 25.2 Å². The maximum Gasteiger partial charge on any atom is 0.224 e. The average Bonchev–Trinajstić information content (AvgIpc) is 2.27. The van der Waals surface area contributed by atoms with Gasteiger partial charge in [-0.15, -0.1) is 0 Å². The van der Waals surface area contributed by atoms with E-state index in [0.717, 1.165) is 36.7 Å². The molecule has 1 atom stereocenters. The van der Waals surface area contributed by atoms with E-state index in [1.807, 2.05) is 12.1 Å². The zero-order valence-electron chi connectivity index (χ0n) is 8.40. The number of carbonyl (C=O) groups excluding carboxylic acids is 2. The van der Waals surface area contributed by atoms with Gasteiger partial charge in [-0.2, -0.15) is 0 Å². The predicted octanol–water partition coefficient (Wildman–Crippen LogP) is 1.40. The van der Waals surface area contributed by atoms with Crippen molar-refractivity contribution in [1.29, 1.82) is 0 Å². The van der Waals surface area contributed by atoms with Gasteiger partial charge in [0.15, 0.2) is 0 Å². The van der Waals surface area contributed by atoms with E-state index in [1.54, 1.807) is 6.07 Å². The van der Waals surface area contributed by atoms with Crippen LogP contribution in [0.1, 0.15) is 40.2 Å². The van der Waals surface area contributed by atoms with Crippen molar-refractivity contribution >= 4 is 12.2 Å². The van der Waals surface area contributed by atoms with Crippen molar-refractivity contribution in [3.8, 4) is 0 Å². The number of aldehydes is 1. The highest BCUT2D eigenvalue weighted by atomic mass is 16.1. The lowest BCUT2D eigenvalue weighted by Gasteiger charge is -2.23. The van der Waals surface area contributed by atoms with E-state index in [0.29, 0.717) is 5.56 Å². The van der Waals surface area contributed by atoms with E-state index in [2.05, 4.69) is 0 Å². The smallest absolute Gasteiger partial charge is 0.224 e. The third-order valence-corrected chi connectivity index (χ3v) is 2.96. The summed E-state index contributed by atoms with van der Waals surface area (Å²) in [5, 5.41) is 0. The number of nitrogens with two attached hydrogens (primary N) is 1. The summed E-state index contributed by atoms with van der Waals surface area (Å²) < 4.78 is 0. The molecule has 0 spiro atoms. The molecule has 2 rings (SSSR count). The summed E-state index contributed by atoms with van der Waals surface area (Å²) in [6.45, 7) is 0. The number of benzene rings is 1. The Kier molecular flexibility index (Phi) is 2.54. The minimum Gasteiger partial charge on any atom is -0.369 e. The fourth-order valence-electron chi connectivity index (χ4n) is 2.20. The van der Waals surface area contributed by atoms with Crippen molar-refractivity contribution < 1.29 is 9.59 Å². The van der Waals surface area contributed by atoms with Crippen molar-refractivity contribution in [2.24, 2.45) is 5.73 Å². The third-order valence-electron chi connectivity index (χ3n) is 2.96. The molecule has 0 saturated carbocycles. The summed E-state index contributed by atoms with van der Waals surface area (Å²) >= 11 is 0. The van der Waals surface area contributed by atoms with Gasteiger partial charge in [0, 0.05) is 5.56 Å². The van der Waals surface area contributed by atoms with Crippen LogP contribution >= 0.6 is 0 Å². The van der Waals surface area contributed by atoms with Crippen molar-refractivity contribution in [1.82, 2.24) is 0 Å². The Labute approximate surface area is 88.3 Å². The zero-order valence-corrected chi connectivity index (χ0v) is 8.40. The summed E-state index contributed by atoms with van der Waals surface area (Å²) in [6.07, 6.45) is 3.54. The first kappa shape index (κ1) is 9.90. The first-order valence-electron chi connectivity index (χ1n) is 5.09. The number of aryl methyl sites for hydroxylation is 1. The summed E-state index contributed by atoms with van der Waals surface area (Å²) in [6, 6.07) is 5.46. The highest BCUT2D eigenvalue weighted by Crippen LogP contribution is 2.31. The van der Waals surface area contributed by atoms with Gasteiger partial charge in [-0.3, -0.25) is 9.59 Å². The van der Waals surface area contributed by atoms with Crippen LogP contribution < -0.4 is 5.73 Å². The number of fused-ring (bicyclic) bond motifs is 1. The summed E-state index contributed by atoms with van der Waals surface area (Å²) in [5.74, 6) is -0.441. The maximum atomic E-state index is 11.2. The van der Waals surface area contributed by atoms with Crippen molar-refractivity contribution in [2.75, 3.05) is 0 Å². The fourth-order valence-corrected chi connectivity index (χ4v) is 2.20. The first-order valence-corrected chi connectivity index (χ1v) is 5.09. The molecule has 2 N–H and O–H groups in total. The molecule has 0 bridgehead atoms. The molecule has 1 aromatic rings. The van der Waals surface area contributed by atoms with Crippen molar-refractivity contribution in [3.05, 3.63) is 34.9 Å². The van der Waals surface area contributed by atoms with E-state index >= 15 is 0 Å². The highest BCUT2D eigenvalue weighted by molar-refractivity contribution is 5.83. The Morgan fingerprint density at radius 2 is 2.27 bits per heavy atom. The Morgan fingerprint density at radius 3 is 2.93 bits per heavy atom. The summed E-state index contributed by atoms with van der Waals surface area (Å²) in [7, 11) is 0. The van der Waals surface area contributed by atoms with Gasteiger partial charge in [0.2, 0.25) is 5.91 Å².